The summed E-state index contributed by atoms with van der Waals surface area (Å²) in [5.74, 6) is 2.41. The van der Waals surface area contributed by atoms with Gasteiger partial charge in [-0.1, -0.05) is 29.4 Å². The lowest BCUT2D eigenvalue weighted by Gasteiger charge is -2.31. The van der Waals surface area contributed by atoms with E-state index in [2.05, 4.69) is 15.0 Å². The lowest BCUT2D eigenvalue weighted by atomic mass is 9.90. The Balaban J connectivity index is 1.31. The maximum atomic E-state index is 13.4. The van der Waals surface area contributed by atoms with Gasteiger partial charge < -0.3 is 9.26 Å². The molecule has 0 N–H and O–H groups in total. The fraction of sp³-hybridized carbons (Fsp3) is 0.364. The molecular formula is C22H24FN3O2. The van der Waals surface area contributed by atoms with Crippen LogP contribution in [0.25, 0.3) is 11.4 Å². The van der Waals surface area contributed by atoms with Crippen molar-refractivity contribution in [2.24, 2.45) is 5.92 Å². The number of benzene rings is 2. The molecule has 0 radical (unpaired) electrons. The maximum Gasteiger partial charge on any atom is 0.241 e. The van der Waals surface area contributed by atoms with Gasteiger partial charge in [0.1, 0.15) is 11.6 Å². The molecule has 28 heavy (non-hydrogen) atoms. The van der Waals surface area contributed by atoms with Gasteiger partial charge in [-0.05, 0) is 68.1 Å². The second-order valence-corrected chi connectivity index (χ2v) is 7.30. The molecule has 1 aromatic heterocycles. The van der Waals surface area contributed by atoms with Gasteiger partial charge in [0.15, 0.2) is 0 Å². The molecule has 0 amide bonds. The highest BCUT2D eigenvalue weighted by molar-refractivity contribution is 5.56. The predicted molar refractivity (Wildman–Crippen MR) is 104 cm³/mol. The molecule has 2 aromatic carbocycles. The van der Waals surface area contributed by atoms with Crippen LogP contribution in [0.5, 0.6) is 5.75 Å². The minimum Gasteiger partial charge on any atom is -0.497 e. The van der Waals surface area contributed by atoms with Crippen molar-refractivity contribution in [1.29, 1.82) is 0 Å². The van der Waals surface area contributed by atoms with Crippen LogP contribution in [-0.4, -0.2) is 35.2 Å². The number of likely N-dealkylation sites (tertiary alicyclic amines) is 1. The average molecular weight is 381 g/mol. The fourth-order valence-corrected chi connectivity index (χ4v) is 3.74. The van der Waals surface area contributed by atoms with Crippen LogP contribution in [0.1, 0.15) is 24.3 Å². The van der Waals surface area contributed by atoms with Crippen LogP contribution in [0.15, 0.2) is 53.1 Å². The molecule has 1 fully saturated rings. The summed E-state index contributed by atoms with van der Waals surface area (Å²) in [5.41, 5.74) is 1.96. The molecule has 0 bridgehead atoms. The monoisotopic (exact) mass is 381 g/mol. The quantitative estimate of drug-likeness (QED) is 0.636. The van der Waals surface area contributed by atoms with Crippen LogP contribution in [0.2, 0.25) is 0 Å². The fourth-order valence-electron chi connectivity index (χ4n) is 3.74. The van der Waals surface area contributed by atoms with Gasteiger partial charge in [-0.3, -0.25) is 4.90 Å². The number of nitrogens with zero attached hydrogens (tertiary/aromatic N) is 3. The highest BCUT2D eigenvalue weighted by Gasteiger charge is 2.21. The van der Waals surface area contributed by atoms with Crippen molar-refractivity contribution < 1.29 is 13.7 Å². The number of hydrogen-bond acceptors (Lipinski definition) is 5. The second-order valence-electron chi connectivity index (χ2n) is 7.30. The van der Waals surface area contributed by atoms with Crippen molar-refractivity contribution in [2.45, 2.75) is 25.8 Å². The van der Waals surface area contributed by atoms with Crippen molar-refractivity contribution >= 4 is 0 Å². The Kier molecular flexibility index (Phi) is 5.67. The summed E-state index contributed by atoms with van der Waals surface area (Å²) in [6.07, 6.45) is 3.12. The zero-order valence-electron chi connectivity index (χ0n) is 16.0. The molecule has 5 nitrogen and oxygen atoms in total. The van der Waals surface area contributed by atoms with Gasteiger partial charge in [-0.15, -0.1) is 0 Å². The molecule has 146 valence electrons. The number of ether oxygens (including phenoxy) is 1. The van der Waals surface area contributed by atoms with Crippen LogP contribution >= 0.6 is 0 Å². The van der Waals surface area contributed by atoms with Crippen LogP contribution in [-0.2, 0) is 13.0 Å². The summed E-state index contributed by atoms with van der Waals surface area (Å²) in [7, 11) is 1.64. The first-order valence-electron chi connectivity index (χ1n) is 9.63. The molecule has 4 rings (SSSR count). The van der Waals surface area contributed by atoms with Crippen LogP contribution < -0.4 is 4.74 Å². The van der Waals surface area contributed by atoms with Crippen LogP contribution in [0, 0.1) is 11.7 Å². The van der Waals surface area contributed by atoms with E-state index < -0.39 is 0 Å². The third kappa shape index (κ3) is 4.57. The third-order valence-electron chi connectivity index (χ3n) is 5.28. The average Bonchev–Trinajstić information content (AvgIpc) is 3.18. The lowest BCUT2D eigenvalue weighted by molar-refractivity contribution is 0.159. The number of aromatic nitrogens is 2. The topological polar surface area (TPSA) is 51.4 Å². The largest absolute Gasteiger partial charge is 0.497 e. The lowest BCUT2D eigenvalue weighted by Crippen LogP contribution is -2.34. The number of piperidine rings is 1. The summed E-state index contributed by atoms with van der Waals surface area (Å²) in [5, 5.41) is 4.10. The molecule has 3 aromatic rings. The summed E-state index contributed by atoms with van der Waals surface area (Å²) in [6, 6.07) is 14.6. The zero-order chi connectivity index (χ0) is 19.3. The molecule has 1 saturated heterocycles. The third-order valence-corrected chi connectivity index (χ3v) is 5.28. The van der Waals surface area contributed by atoms with E-state index in [4.69, 9.17) is 9.26 Å². The number of methoxy groups -OCH3 is 1. The van der Waals surface area contributed by atoms with E-state index in [0.717, 1.165) is 49.2 Å². The highest BCUT2D eigenvalue weighted by atomic mass is 19.1. The van der Waals surface area contributed by atoms with Gasteiger partial charge >= 0.3 is 0 Å². The molecular weight excluding hydrogens is 357 g/mol. The van der Waals surface area contributed by atoms with Crippen molar-refractivity contribution in [3.05, 3.63) is 65.8 Å². The van der Waals surface area contributed by atoms with Crippen LogP contribution in [0.3, 0.4) is 0 Å². The maximum absolute atomic E-state index is 13.4. The molecule has 2 heterocycles. The van der Waals surface area contributed by atoms with Gasteiger partial charge in [-0.2, -0.15) is 4.98 Å². The summed E-state index contributed by atoms with van der Waals surface area (Å²) in [4.78, 5) is 6.87. The molecule has 0 atom stereocenters. The van der Waals surface area contributed by atoms with Crippen molar-refractivity contribution in [3.63, 3.8) is 0 Å². The molecule has 1 aliphatic heterocycles. The SMILES string of the molecule is COc1cccc(-c2noc(CN3CCC(Cc4cccc(F)c4)CC3)n2)c1. The Morgan fingerprint density at radius 2 is 1.96 bits per heavy atom. The van der Waals surface area contributed by atoms with Crippen molar-refractivity contribution in [2.75, 3.05) is 20.2 Å². The Bertz CT molecular complexity index is 919. The predicted octanol–water partition coefficient (Wildman–Crippen LogP) is 4.34. The first kappa shape index (κ1) is 18.6. The Hall–Kier alpha value is -2.73. The van der Waals surface area contributed by atoms with Gasteiger partial charge in [-0.25, -0.2) is 4.39 Å². The second kappa shape index (κ2) is 8.52. The number of rotatable bonds is 6. The zero-order valence-corrected chi connectivity index (χ0v) is 16.0. The summed E-state index contributed by atoms with van der Waals surface area (Å²) < 4.78 is 24.0. The van der Waals surface area contributed by atoms with Gasteiger partial charge in [0.25, 0.3) is 0 Å². The van der Waals surface area contributed by atoms with E-state index in [1.165, 1.54) is 6.07 Å². The van der Waals surface area contributed by atoms with E-state index >= 15 is 0 Å². The Labute approximate surface area is 164 Å². The molecule has 6 heteroatoms. The molecule has 0 spiro atoms. The van der Waals surface area contributed by atoms with Gasteiger partial charge in [0.05, 0.1) is 13.7 Å². The van der Waals surface area contributed by atoms with Crippen molar-refractivity contribution in [1.82, 2.24) is 15.0 Å². The molecule has 1 aliphatic rings. The van der Waals surface area contributed by atoms with Crippen molar-refractivity contribution in [3.8, 4) is 17.1 Å². The van der Waals surface area contributed by atoms with Gasteiger partial charge in [0, 0.05) is 5.56 Å². The van der Waals surface area contributed by atoms with E-state index in [-0.39, 0.29) is 5.82 Å². The van der Waals surface area contributed by atoms with Crippen LogP contribution in [0.4, 0.5) is 4.39 Å². The molecule has 0 saturated carbocycles. The molecule has 0 unspecified atom stereocenters. The number of hydrogen-bond donors (Lipinski definition) is 0. The first-order chi connectivity index (χ1) is 13.7. The van der Waals surface area contributed by atoms with E-state index in [1.807, 2.05) is 30.3 Å². The Morgan fingerprint density at radius 1 is 1.14 bits per heavy atom. The first-order valence-corrected chi connectivity index (χ1v) is 9.63. The van der Waals surface area contributed by atoms with Gasteiger partial charge in [0.2, 0.25) is 11.7 Å². The summed E-state index contributed by atoms with van der Waals surface area (Å²) >= 11 is 0. The summed E-state index contributed by atoms with van der Waals surface area (Å²) in [6.45, 7) is 2.62. The minimum absolute atomic E-state index is 0.154. The standard InChI is InChI=1S/C22H24FN3O2/c1-27-20-7-3-5-18(14-20)22-24-21(28-25-22)15-26-10-8-16(9-11-26)12-17-4-2-6-19(23)13-17/h2-7,13-14,16H,8-12,15H2,1H3. The van der Waals surface area contributed by atoms with E-state index in [9.17, 15) is 4.39 Å². The number of halogens is 1. The highest BCUT2D eigenvalue weighted by Crippen LogP contribution is 2.24. The van der Waals surface area contributed by atoms with E-state index in [0.29, 0.717) is 24.2 Å². The van der Waals surface area contributed by atoms with E-state index in [1.54, 1.807) is 19.2 Å². The Morgan fingerprint density at radius 3 is 2.75 bits per heavy atom. The smallest absolute Gasteiger partial charge is 0.241 e. The molecule has 0 aliphatic carbocycles. The minimum atomic E-state index is -0.154. The normalized spacial score (nSPS) is 15.6.